The summed E-state index contributed by atoms with van der Waals surface area (Å²) in [5.74, 6) is -0.786. The standard InChI is InChI=1S/C15H14Cl2FNO3S/c1-3-19(12-7-10(16)6-11(17)8-12)23(20,21)13-4-5-15(22-2)14(18)9-13/h4-9H,3H2,1-2H3. The van der Waals surface area contributed by atoms with E-state index in [9.17, 15) is 12.8 Å². The first kappa shape index (κ1) is 17.8. The lowest BCUT2D eigenvalue weighted by Crippen LogP contribution is -2.30. The number of anilines is 1. The van der Waals surface area contributed by atoms with Crippen LogP contribution in [0.2, 0.25) is 10.0 Å². The van der Waals surface area contributed by atoms with Crippen LogP contribution < -0.4 is 9.04 Å². The Bertz CT molecular complexity index is 807. The number of hydrogen-bond donors (Lipinski definition) is 0. The van der Waals surface area contributed by atoms with Crippen molar-refractivity contribution in [1.29, 1.82) is 0 Å². The van der Waals surface area contributed by atoms with Crippen molar-refractivity contribution >= 4 is 38.9 Å². The molecule has 8 heteroatoms. The number of ether oxygens (including phenoxy) is 1. The molecule has 0 spiro atoms. The maximum Gasteiger partial charge on any atom is 0.264 e. The van der Waals surface area contributed by atoms with Crippen molar-refractivity contribution in [1.82, 2.24) is 0 Å². The van der Waals surface area contributed by atoms with E-state index in [1.165, 1.54) is 37.4 Å². The van der Waals surface area contributed by atoms with E-state index in [1.807, 2.05) is 0 Å². The highest BCUT2D eigenvalue weighted by atomic mass is 35.5. The monoisotopic (exact) mass is 377 g/mol. The van der Waals surface area contributed by atoms with Crippen LogP contribution >= 0.6 is 23.2 Å². The third-order valence-electron chi connectivity index (χ3n) is 3.13. The first-order valence-corrected chi connectivity index (χ1v) is 8.81. The van der Waals surface area contributed by atoms with Crippen LogP contribution in [0.3, 0.4) is 0 Å². The summed E-state index contributed by atoms with van der Waals surface area (Å²) in [5, 5.41) is 0.615. The number of nitrogens with zero attached hydrogens (tertiary/aromatic N) is 1. The largest absolute Gasteiger partial charge is 0.494 e. The first-order valence-electron chi connectivity index (χ1n) is 6.62. The van der Waals surface area contributed by atoms with E-state index in [0.29, 0.717) is 15.7 Å². The van der Waals surface area contributed by atoms with Gasteiger partial charge in [-0.1, -0.05) is 23.2 Å². The van der Waals surface area contributed by atoms with Gasteiger partial charge in [0, 0.05) is 16.6 Å². The molecule has 0 heterocycles. The Morgan fingerprint density at radius 2 is 1.74 bits per heavy atom. The molecule has 0 N–H and O–H groups in total. The Morgan fingerprint density at radius 1 is 1.13 bits per heavy atom. The molecule has 124 valence electrons. The lowest BCUT2D eigenvalue weighted by Gasteiger charge is -2.23. The summed E-state index contributed by atoms with van der Waals surface area (Å²) in [6.07, 6.45) is 0. The molecular formula is C15H14Cl2FNO3S. The molecule has 0 saturated heterocycles. The average Bonchev–Trinajstić information content (AvgIpc) is 2.46. The van der Waals surface area contributed by atoms with Gasteiger partial charge in [0.05, 0.1) is 17.7 Å². The van der Waals surface area contributed by atoms with Gasteiger partial charge in [0.25, 0.3) is 10.0 Å². The van der Waals surface area contributed by atoms with Crippen molar-refractivity contribution in [2.45, 2.75) is 11.8 Å². The number of halogens is 3. The van der Waals surface area contributed by atoms with E-state index in [0.717, 1.165) is 10.4 Å². The van der Waals surface area contributed by atoms with Crippen LogP contribution in [0.15, 0.2) is 41.3 Å². The summed E-state index contributed by atoms with van der Waals surface area (Å²) in [6, 6.07) is 7.93. The van der Waals surface area contributed by atoms with Crippen LogP contribution in [0.4, 0.5) is 10.1 Å². The van der Waals surface area contributed by atoms with Crippen LogP contribution in [0.5, 0.6) is 5.75 Å². The summed E-state index contributed by atoms with van der Waals surface area (Å²) in [7, 11) is -2.66. The lowest BCUT2D eigenvalue weighted by molar-refractivity contribution is 0.385. The third kappa shape index (κ3) is 3.71. The molecule has 0 aliphatic rings. The van der Waals surface area contributed by atoms with Crippen molar-refractivity contribution in [3.05, 3.63) is 52.3 Å². The minimum atomic E-state index is -3.96. The third-order valence-corrected chi connectivity index (χ3v) is 5.47. The zero-order valence-electron chi connectivity index (χ0n) is 12.4. The van der Waals surface area contributed by atoms with Gasteiger partial charge in [0.15, 0.2) is 11.6 Å². The zero-order chi connectivity index (χ0) is 17.2. The van der Waals surface area contributed by atoms with Gasteiger partial charge in [-0.15, -0.1) is 0 Å². The van der Waals surface area contributed by atoms with E-state index < -0.39 is 15.8 Å². The molecule has 2 rings (SSSR count). The summed E-state index contributed by atoms with van der Waals surface area (Å²) >= 11 is 11.9. The van der Waals surface area contributed by atoms with E-state index in [-0.39, 0.29) is 17.2 Å². The van der Waals surface area contributed by atoms with Crippen molar-refractivity contribution in [2.75, 3.05) is 18.0 Å². The Balaban J connectivity index is 2.53. The van der Waals surface area contributed by atoms with Crippen molar-refractivity contribution in [3.8, 4) is 5.75 Å². The van der Waals surface area contributed by atoms with Gasteiger partial charge >= 0.3 is 0 Å². The Hall–Kier alpha value is -1.50. The van der Waals surface area contributed by atoms with Gasteiger partial charge in [-0.2, -0.15) is 0 Å². The molecule has 0 saturated carbocycles. The maximum absolute atomic E-state index is 13.8. The molecule has 0 radical (unpaired) electrons. The number of rotatable bonds is 5. The highest BCUT2D eigenvalue weighted by Gasteiger charge is 2.25. The molecule has 0 fully saturated rings. The van der Waals surface area contributed by atoms with E-state index in [1.54, 1.807) is 6.92 Å². The zero-order valence-corrected chi connectivity index (χ0v) is 14.7. The fourth-order valence-corrected chi connectivity index (χ4v) is 4.09. The SMILES string of the molecule is CCN(c1cc(Cl)cc(Cl)c1)S(=O)(=O)c1ccc(OC)c(F)c1. The van der Waals surface area contributed by atoms with Crippen LogP contribution in [0.1, 0.15) is 6.92 Å². The van der Waals surface area contributed by atoms with Crippen molar-refractivity contribution in [3.63, 3.8) is 0 Å². The van der Waals surface area contributed by atoms with Crippen LogP contribution in [0, 0.1) is 5.82 Å². The van der Waals surface area contributed by atoms with E-state index >= 15 is 0 Å². The van der Waals surface area contributed by atoms with Crippen LogP contribution in [0.25, 0.3) is 0 Å². The second-order valence-electron chi connectivity index (χ2n) is 4.59. The smallest absolute Gasteiger partial charge is 0.264 e. The maximum atomic E-state index is 13.8. The molecule has 0 bridgehead atoms. The molecular weight excluding hydrogens is 364 g/mol. The summed E-state index contributed by atoms with van der Waals surface area (Å²) in [4.78, 5) is -0.186. The average molecular weight is 378 g/mol. The summed E-state index contributed by atoms with van der Waals surface area (Å²) in [6.45, 7) is 1.79. The highest BCUT2D eigenvalue weighted by Crippen LogP contribution is 2.30. The minimum Gasteiger partial charge on any atom is -0.494 e. The lowest BCUT2D eigenvalue weighted by atomic mass is 10.3. The molecule has 2 aromatic rings. The summed E-state index contributed by atoms with van der Waals surface area (Å²) in [5.41, 5.74) is 0.307. The minimum absolute atomic E-state index is 0.0298. The predicted molar refractivity (Wildman–Crippen MR) is 89.6 cm³/mol. The highest BCUT2D eigenvalue weighted by molar-refractivity contribution is 7.92. The number of methoxy groups -OCH3 is 1. The van der Waals surface area contributed by atoms with Crippen molar-refractivity contribution in [2.24, 2.45) is 0 Å². The van der Waals surface area contributed by atoms with Gasteiger partial charge in [0.1, 0.15) is 0 Å². The molecule has 0 unspecified atom stereocenters. The Labute approximate surface area is 144 Å². The van der Waals surface area contributed by atoms with Gasteiger partial charge in [0.2, 0.25) is 0 Å². The molecule has 0 atom stereocenters. The van der Waals surface area contributed by atoms with Gasteiger partial charge in [-0.05, 0) is 43.3 Å². The molecule has 0 aliphatic carbocycles. The Kier molecular flexibility index (Phi) is 5.39. The first-order chi connectivity index (χ1) is 10.8. The number of sulfonamides is 1. The molecule has 0 amide bonds. The van der Waals surface area contributed by atoms with Crippen LogP contribution in [-0.2, 0) is 10.0 Å². The van der Waals surface area contributed by atoms with E-state index in [2.05, 4.69) is 0 Å². The normalized spacial score (nSPS) is 11.3. The topological polar surface area (TPSA) is 46.6 Å². The number of hydrogen-bond acceptors (Lipinski definition) is 3. The van der Waals surface area contributed by atoms with Gasteiger partial charge in [-0.3, -0.25) is 4.31 Å². The molecule has 2 aromatic carbocycles. The fourth-order valence-electron chi connectivity index (χ4n) is 2.11. The molecule has 4 nitrogen and oxygen atoms in total. The Morgan fingerprint density at radius 3 is 2.22 bits per heavy atom. The second kappa shape index (κ2) is 6.95. The molecule has 0 aromatic heterocycles. The quantitative estimate of drug-likeness (QED) is 0.777. The summed E-state index contributed by atoms with van der Waals surface area (Å²) < 4.78 is 45.3. The van der Waals surface area contributed by atoms with Crippen molar-refractivity contribution < 1.29 is 17.5 Å². The fraction of sp³-hybridized carbons (Fsp3) is 0.200. The van der Waals surface area contributed by atoms with Crippen LogP contribution in [-0.4, -0.2) is 22.1 Å². The van der Waals surface area contributed by atoms with Gasteiger partial charge in [-0.25, -0.2) is 12.8 Å². The van der Waals surface area contributed by atoms with Gasteiger partial charge < -0.3 is 4.74 Å². The molecule has 23 heavy (non-hydrogen) atoms. The second-order valence-corrected chi connectivity index (χ2v) is 7.33. The molecule has 0 aliphatic heterocycles. The van der Waals surface area contributed by atoms with E-state index in [4.69, 9.17) is 27.9 Å². The predicted octanol–water partition coefficient (Wildman–Crippen LogP) is 4.36. The number of benzene rings is 2.